The number of nitrogens with one attached hydrogen (secondary N) is 1. The molecule has 0 radical (unpaired) electrons. The SMILES string of the molecule is CCCC(N=C(N)N1C(N)=C(Cl)NC(C(N)=O)=C1N)c1ccc(CO)cc1.Cl. The average Bonchev–Trinajstić information content (AvgIpc) is 2.64. The Kier molecular flexibility index (Phi) is 8.42. The highest BCUT2D eigenvalue weighted by atomic mass is 35.5. The van der Waals surface area contributed by atoms with Gasteiger partial charge in [-0.3, -0.25) is 4.79 Å². The van der Waals surface area contributed by atoms with Gasteiger partial charge in [0.1, 0.15) is 22.5 Å². The number of carbonyl (C=O) groups excluding carboxylic acids is 1. The van der Waals surface area contributed by atoms with Gasteiger partial charge in [0.05, 0.1) is 12.6 Å². The first-order valence-corrected chi connectivity index (χ1v) is 8.72. The number of benzene rings is 1. The third-order valence-corrected chi connectivity index (χ3v) is 4.36. The Morgan fingerprint density at radius 2 is 1.86 bits per heavy atom. The van der Waals surface area contributed by atoms with Crippen LogP contribution < -0.4 is 28.3 Å². The van der Waals surface area contributed by atoms with Crippen LogP contribution in [0.3, 0.4) is 0 Å². The molecule has 28 heavy (non-hydrogen) atoms. The molecule has 11 heteroatoms. The Bertz CT molecular complexity index is 806. The molecular weight excluding hydrogens is 405 g/mol. The molecule has 9 nitrogen and oxygen atoms in total. The lowest BCUT2D eigenvalue weighted by molar-refractivity contribution is -0.115. The van der Waals surface area contributed by atoms with Crippen LogP contribution in [-0.2, 0) is 11.4 Å². The van der Waals surface area contributed by atoms with E-state index in [-0.39, 0.29) is 53.5 Å². The van der Waals surface area contributed by atoms with Crippen LogP contribution >= 0.6 is 24.0 Å². The third kappa shape index (κ3) is 5.00. The van der Waals surface area contributed by atoms with Crippen molar-refractivity contribution in [1.82, 2.24) is 10.2 Å². The number of aliphatic imine (C=N–C) groups is 1. The molecule has 0 spiro atoms. The Morgan fingerprint density at radius 3 is 2.36 bits per heavy atom. The predicted molar refractivity (Wildman–Crippen MR) is 111 cm³/mol. The molecule has 0 bridgehead atoms. The number of nitrogens with two attached hydrogens (primary N) is 4. The molecule has 1 heterocycles. The van der Waals surface area contributed by atoms with Gasteiger partial charge in [-0.25, -0.2) is 9.89 Å². The maximum absolute atomic E-state index is 11.6. The molecule has 1 aliphatic heterocycles. The second-order valence-electron chi connectivity index (χ2n) is 5.98. The molecule has 1 aromatic carbocycles. The Morgan fingerprint density at radius 1 is 1.25 bits per heavy atom. The van der Waals surface area contributed by atoms with E-state index in [9.17, 15) is 9.90 Å². The molecule has 10 N–H and O–H groups in total. The van der Waals surface area contributed by atoms with E-state index >= 15 is 0 Å². The normalized spacial score (nSPS) is 15.8. The minimum absolute atomic E-state index is 0. The molecule has 154 valence electrons. The number of nitrogens with zero attached hydrogens (tertiary/aromatic N) is 2. The lowest BCUT2D eigenvalue weighted by Gasteiger charge is -2.31. The van der Waals surface area contributed by atoms with Crippen molar-refractivity contribution in [3.05, 3.63) is 57.9 Å². The van der Waals surface area contributed by atoms with E-state index in [1.165, 1.54) is 4.90 Å². The van der Waals surface area contributed by atoms with Crippen molar-refractivity contribution in [3.8, 4) is 0 Å². The van der Waals surface area contributed by atoms with Crippen molar-refractivity contribution >= 4 is 35.9 Å². The quantitative estimate of drug-likeness (QED) is 0.218. The molecule has 0 aliphatic carbocycles. The first kappa shape index (κ1) is 23.4. The Labute approximate surface area is 174 Å². The number of hydrogen-bond acceptors (Lipinski definition) is 6. The van der Waals surface area contributed by atoms with Crippen LogP contribution in [0.15, 0.2) is 51.8 Å². The second-order valence-corrected chi connectivity index (χ2v) is 6.35. The molecule has 0 saturated carbocycles. The second kappa shape index (κ2) is 10.1. The van der Waals surface area contributed by atoms with Gasteiger partial charge in [0, 0.05) is 0 Å². The van der Waals surface area contributed by atoms with E-state index < -0.39 is 5.91 Å². The van der Waals surface area contributed by atoms with E-state index in [0.717, 1.165) is 24.0 Å². The van der Waals surface area contributed by atoms with E-state index in [4.69, 9.17) is 34.5 Å². The van der Waals surface area contributed by atoms with Gasteiger partial charge in [-0.15, -0.1) is 12.4 Å². The largest absolute Gasteiger partial charge is 0.392 e. The summed E-state index contributed by atoms with van der Waals surface area (Å²) in [6.45, 7) is 1.98. The van der Waals surface area contributed by atoms with Gasteiger partial charge < -0.3 is 33.4 Å². The lowest BCUT2D eigenvalue weighted by Crippen LogP contribution is -2.49. The fraction of sp³-hybridized carbons (Fsp3) is 0.294. The van der Waals surface area contributed by atoms with Crippen molar-refractivity contribution < 1.29 is 9.90 Å². The number of primary amides is 1. The summed E-state index contributed by atoms with van der Waals surface area (Å²) in [5, 5.41) is 11.7. The number of guanidine groups is 1. The first-order chi connectivity index (χ1) is 12.8. The number of hydrogen-bond donors (Lipinski definition) is 6. The third-order valence-electron chi connectivity index (χ3n) is 4.07. The molecule has 2 rings (SSSR count). The number of halogens is 2. The van der Waals surface area contributed by atoms with Crippen molar-refractivity contribution in [3.63, 3.8) is 0 Å². The van der Waals surface area contributed by atoms with Crippen LogP contribution in [0.5, 0.6) is 0 Å². The summed E-state index contributed by atoms with van der Waals surface area (Å²) in [6.07, 6.45) is 1.57. The van der Waals surface area contributed by atoms with Crippen LogP contribution in [0, 0.1) is 0 Å². The maximum Gasteiger partial charge on any atom is 0.268 e. The van der Waals surface area contributed by atoms with Gasteiger partial charge in [0.15, 0.2) is 0 Å². The number of rotatable bonds is 6. The molecule has 0 aromatic heterocycles. The molecule has 1 aromatic rings. The van der Waals surface area contributed by atoms with Gasteiger partial charge in [-0.1, -0.05) is 49.2 Å². The Hall–Kier alpha value is -2.62. The fourth-order valence-electron chi connectivity index (χ4n) is 2.65. The van der Waals surface area contributed by atoms with E-state index in [2.05, 4.69) is 10.3 Å². The maximum atomic E-state index is 11.6. The molecule has 0 fully saturated rings. The zero-order valence-electron chi connectivity index (χ0n) is 15.4. The molecule has 1 unspecified atom stereocenters. The Balaban J connectivity index is 0.00000392. The van der Waals surface area contributed by atoms with Gasteiger partial charge in [-0.05, 0) is 17.5 Å². The van der Waals surface area contributed by atoms with Crippen molar-refractivity contribution in [2.75, 3.05) is 0 Å². The minimum Gasteiger partial charge on any atom is -0.392 e. The van der Waals surface area contributed by atoms with E-state index in [0.29, 0.717) is 0 Å². The number of aliphatic hydroxyl groups is 1. The number of aliphatic hydroxyl groups excluding tert-OH is 1. The van der Waals surface area contributed by atoms with Gasteiger partial charge in [0.25, 0.3) is 5.91 Å². The molecule has 1 aliphatic rings. The van der Waals surface area contributed by atoms with Crippen LogP contribution in [0.2, 0.25) is 0 Å². The summed E-state index contributed by atoms with van der Waals surface area (Å²) < 4.78 is 0. The van der Waals surface area contributed by atoms with Gasteiger partial charge in [0.2, 0.25) is 5.96 Å². The van der Waals surface area contributed by atoms with E-state index in [1.807, 2.05) is 31.2 Å². The topological polar surface area (TPSA) is 169 Å². The molecule has 1 atom stereocenters. The summed E-state index contributed by atoms with van der Waals surface area (Å²) in [7, 11) is 0. The fourth-order valence-corrected chi connectivity index (χ4v) is 2.83. The summed E-state index contributed by atoms with van der Waals surface area (Å²) in [5.74, 6) is -0.906. The lowest BCUT2D eigenvalue weighted by atomic mass is 10.0. The van der Waals surface area contributed by atoms with Crippen molar-refractivity contribution in [2.24, 2.45) is 27.9 Å². The number of carbonyl (C=O) groups is 1. The van der Waals surface area contributed by atoms with Crippen molar-refractivity contribution in [2.45, 2.75) is 32.4 Å². The van der Waals surface area contributed by atoms with Crippen LogP contribution in [0.4, 0.5) is 0 Å². The van der Waals surface area contributed by atoms with Crippen LogP contribution in [-0.4, -0.2) is 21.9 Å². The summed E-state index contributed by atoms with van der Waals surface area (Å²) >= 11 is 6.03. The van der Waals surface area contributed by atoms with Crippen molar-refractivity contribution in [1.29, 1.82) is 0 Å². The molecular formula is C17H25Cl2N7O2. The zero-order chi connectivity index (χ0) is 20.1. The summed E-state index contributed by atoms with van der Waals surface area (Å²) in [6, 6.07) is 7.12. The summed E-state index contributed by atoms with van der Waals surface area (Å²) in [4.78, 5) is 17.3. The predicted octanol–water partition coefficient (Wildman–Crippen LogP) is 0.599. The molecule has 1 amide bonds. The standard InChI is InChI=1S/C17H24ClN7O2.ClH/c1-2-3-11(10-6-4-9(8-26)5-7-10)23-17(22)25-14(19)12(16(21)27)24-13(18)15(25)20;/h4-7,11,24,26H,2-3,8,19-20H2,1H3,(H2,21,27)(H2,22,23);1H. The highest BCUT2D eigenvalue weighted by Crippen LogP contribution is 2.26. The van der Waals surface area contributed by atoms with Gasteiger partial charge >= 0.3 is 0 Å². The first-order valence-electron chi connectivity index (χ1n) is 8.35. The van der Waals surface area contributed by atoms with E-state index in [1.54, 1.807) is 0 Å². The highest BCUT2D eigenvalue weighted by molar-refractivity contribution is 6.30. The number of amides is 1. The molecule has 0 saturated heterocycles. The monoisotopic (exact) mass is 429 g/mol. The van der Waals surface area contributed by atoms with Crippen LogP contribution in [0.1, 0.15) is 36.9 Å². The van der Waals surface area contributed by atoms with Gasteiger partial charge in [-0.2, -0.15) is 0 Å². The highest BCUT2D eigenvalue weighted by Gasteiger charge is 2.29. The van der Waals surface area contributed by atoms with Crippen LogP contribution in [0.25, 0.3) is 0 Å². The zero-order valence-corrected chi connectivity index (χ0v) is 16.9. The average molecular weight is 430 g/mol. The minimum atomic E-state index is -0.805. The smallest absolute Gasteiger partial charge is 0.268 e. The summed E-state index contributed by atoms with van der Waals surface area (Å²) in [5.41, 5.74) is 25.0.